The summed E-state index contributed by atoms with van der Waals surface area (Å²) in [5, 5.41) is 9.94. The van der Waals surface area contributed by atoms with Gasteiger partial charge in [0.1, 0.15) is 0 Å². The maximum atomic E-state index is 9.94. The summed E-state index contributed by atoms with van der Waals surface area (Å²) in [7, 11) is 4.45. The minimum absolute atomic E-state index is 0.0727. The lowest BCUT2D eigenvalue weighted by atomic mass is 9.76. The lowest BCUT2D eigenvalue weighted by Crippen LogP contribution is -2.53. The molecule has 0 amide bonds. The van der Waals surface area contributed by atoms with E-state index in [4.69, 9.17) is 0 Å². The minimum Gasteiger partial charge on any atom is -0.393 e. The van der Waals surface area contributed by atoms with E-state index in [0.717, 1.165) is 30.6 Å². The number of aliphatic hydroxyl groups excluding tert-OH is 1. The van der Waals surface area contributed by atoms with Crippen LogP contribution < -0.4 is 0 Å². The van der Waals surface area contributed by atoms with Crippen molar-refractivity contribution in [2.24, 2.45) is 17.8 Å². The van der Waals surface area contributed by atoms with E-state index in [9.17, 15) is 5.11 Å². The quantitative estimate of drug-likeness (QED) is 0.826. The van der Waals surface area contributed by atoms with Crippen molar-refractivity contribution >= 4 is 0 Å². The number of aliphatic hydroxyl groups is 1. The smallest absolute Gasteiger partial charge is 0.0555 e. The fourth-order valence-corrected chi connectivity index (χ4v) is 3.92. The molecule has 3 atom stereocenters. The second kappa shape index (κ2) is 5.89. The molecule has 2 aliphatic rings. The highest BCUT2D eigenvalue weighted by atomic mass is 16.3. The molecule has 3 heteroatoms. The van der Waals surface area contributed by atoms with Crippen molar-refractivity contribution in [1.29, 1.82) is 0 Å². The Bertz CT molecular complexity index is 263. The summed E-state index contributed by atoms with van der Waals surface area (Å²) < 4.78 is 0. The third-order valence-corrected chi connectivity index (χ3v) is 4.95. The van der Waals surface area contributed by atoms with Gasteiger partial charge in [-0.2, -0.15) is 0 Å². The highest BCUT2D eigenvalue weighted by Gasteiger charge is 2.35. The Kier molecular flexibility index (Phi) is 4.68. The van der Waals surface area contributed by atoms with E-state index in [-0.39, 0.29) is 6.10 Å². The van der Waals surface area contributed by atoms with Crippen molar-refractivity contribution in [1.82, 2.24) is 9.80 Å². The van der Waals surface area contributed by atoms with E-state index >= 15 is 0 Å². The van der Waals surface area contributed by atoms with Gasteiger partial charge in [-0.1, -0.05) is 13.8 Å². The number of likely N-dealkylation sites (tertiary alicyclic amines) is 1. The van der Waals surface area contributed by atoms with Crippen LogP contribution >= 0.6 is 0 Å². The third kappa shape index (κ3) is 3.25. The molecule has 1 heterocycles. The summed E-state index contributed by atoms with van der Waals surface area (Å²) in [5.74, 6) is 2.33. The van der Waals surface area contributed by atoms with Crippen LogP contribution in [0.25, 0.3) is 0 Å². The fourth-order valence-electron chi connectivity index (χ4n) is 3.92. The van der Waals surface area contributed by atoms with Gasteiger partial charge in [0, 0.05) is 25.7 Å². The molecule has 1 aliphatic heterocycles. The summed E-state index contributed by atoms with van der Waals surface area (Å²) >= 11 is 0. The molecule has 1 N–H and O–H groups in total. The average Bonchev–Trinajstić information content (AvgIpc) is 2.26. The molecule has 0 radical (unpaired) electrons. The van der Waals surface area contributed by atoms with E-state index in [1.165, 1.54) is 26.1 Å². The van der Waals surface area contributed by atoms with Gasteiger partial charge in [-0.25, -0.2) is 0 Å². The first-order valence-electron chi connectivity index (χ1n) is 7.54. The molecule has 0 spiro atoms. The van der Waals surface area contributed by atoms with Crippen molar-refractivity contribution in [3.63, 3.8) is 0 Å². The monoisotopic (exact) mass is 254 g/mol. The van der Waals surface area contributed by atoms with Gasteiger partial charge in [0.05, 0.1) is 6.10 Å². The Balaban J connectivity index is 1.89. The second-order valence-electron chi connectivity index (χ2n) is 6.97. The van der Waals surface area contributed by atoms with Crippen LogP contribution in [0.1, 0.15) is 33.1 Å². The largest absolute Gasteiger partial charge is 0.393 e. The van der Waals surface area contributed by atoms with Crippen LogP contribution in [0.2, 0.25) is 0 Å². The van der Waals surface area contributed by atoms with Crippen molar-refractivity contribution in [3.8, 4) is 0 Å². The Morgan fingerprint density at radius 3 is 2.50 bits per heavy atom. The fraction of sp³-hybridized carbons (Fsp3) is 1.00. The van der Waals surface area contributed by atoms with Gasteiger partial charge in [0.25, 0.3) is 0 Å². The van der Waals surface area contributed by atoms with Gasteiger partial charge in [0.2, 0.25) is 0 Å². The van der Waals surface area contributed by atoms with E-state index in [1.807, 2.05) is 0 Å². The number of rotatable bonds is 4. The van der Waals surface area contributed by atoms with Crippen LogP contribution in [0.5, 0.6) is 0 Å². The molecule has 1 saturated heterocycles. The minimum atomic E-state index is -0.0727. The topological polar surface area (TPSA) is 26.7 Å². The SMILES string of the molecule is CC(C)C1CCC(O)CC1N(C)CC1CN(C)C1. The third-order valence-electron chi connectivity index (χ3n) is 4.95. The molecule has 0 bridgehead atoms. The average molecular weight is 254 g/mol. The highest BCUT2D eigenvalue weighted by Crippen LogP contribution is 2.34. The van der Waals surface area contributed by atoms with Gasteiger partial charge in [-0.3, -0.25) is 0 Å². The first kappa shape index (κ1) is 14.3. The molecule has 1 aliphatic carbocycles. The first-order valence-corrected chi connectivity index (χ1v) is 7.54. The van der Waals surface area contributed by atoms with Crippen molar-refractivity contribution in [2.75, 3.05) is 33.7 Å². The van der Waals surface area contributed by atoms with Crippen LogP contribution in [-0.2, 0) is 0 Å². The molecule has 18 heavy (non-hydrogen) atoms. The lowest BCUT2D eigenvalue weighted by Gasteiger charge is -2.45. The summed E-state index contributed by atoms with van der Waals surface area (Å²) in [4.78, 5) is 4.92. The molecular formula is C15H30N2O. The number of nitrogens with zero attached hydrogens (tertiary/aromatic N) is 2. The van der Waals surface area contributed by atoms with E-state index < -0.39 is 0 Å². The van der Waals surface area contributed by atoms with Crippen LogP contribution in [0.15, 0.2) is 0 Å². The maximum Gasteiger partial charge on any atom is 0.0555 e. The van der Waals surface area contributed by atoms with Crippen molar-refractivity contribution in [2.45, 2.75) is 45.3 Å². The molecule has 1 saturated carbocycles. The highest BCUT2D eigenvalue weighted by molar-refractivity contribution is 4.89. The zero-order chi connectivity index (χ0) is 13.3. The first-order chi connectivity index (χ1) is 8.47. The Morgan fingerprint density at radius 1 is 1.28 bits per heavy atom. The van der Waals surface area contributed by atoms with E-state index in [2.05, 4.69) is 37.7 Å². The van der Waals surface area contributed by atoms with E-state index in [0.29, 0.717) is 6.04 Å². The van der Waals surface area contributed by atoms with Crippen LogP contribution in [0.3, 0.4) is 0 Å². The number of hydrogen-bond acceptors (Lipinski definition) is 3. The molecule has 3 unspecified atom stereocenters. The molecule has 0 aromatic heterocycles. The van der Waals surface area contributed by atoms with Crippen LogP contribution in [0, 0.1) is 17.8 Å². The van der Waals surface area contributed by atoms with Gasteiger partial charge in [0.15, 0.2) is 0 Å². The van der Waals surface area contributed by atoms with Gasteiger partial charge in [-0.15, -0.1) is 0 Å². The number of hydrogen-bond donors (Lipinski definition) is 1. The van der Waals surface area contributed by atoms with Crippen LogP contribution in [0.4, 0.5) is 0 Å². The predicted octanol–water partition coefficient (Wildman–Crippen LogP) is 1.67. The normalized spacial score (nSPS) is 35.2. The molecule has 106 valence electrons. The summed E-state index contributed by atoms with van der Waals surface area (Å²) in [6.07, 6.45) is 3.09. The Hall–Kier alpha value is -0.120. The summed E-state index contributed by atoms with van der Waals surface area (Å²) in [6.45, 7) is 8.35. The maximum absolute atomic E-state index is 9.94. The second-order valence-corrected chi connectivity index (χ2v) is 6.97. The molecule has 3 nitrogen and oxygen atoms in total. The van der Waals surface area contributed by atoms with Gasteiger partial charge < -0.3 is 14.9 Å². The Labute approximate surface area is 112 Å². The predicted molar refractivity (Wildman–Crippen MR) is 75.6 cm³/mol. The van der Waals surface area contributed by atoms with Crippen molar-refractivity contribution in [3.05, 3.63) is 0 Å². The zero-order valence-electron chi connectivity index (χ0n) is 12.5. The molecule has 2 fully saturated rings. The molecule has 0 aromatic rings. The van der Waals surface area contributed by atoms with Gasteiger partial charge in [-0.05, 0) is 51.1 Å². The Morgan fingerprint density at radius 2 is 1.94 bits per heavy atom. The lowest BCUT2D eigenvalue weighted by molar-refractivity contribution is 0.00245. The van der Waals surface area contributed by atoms with E-state index in [1.54, 1.807) is 0 Å². The molecule has 0 aromatic carbocycles. The summed E-state index contributed by atoms with van der Waals surface area (Å²) in [6, 6.07) is 0.583. The van der Waals surface area contributed by atoms with Gasteiger partial charge >= 0.3 is 0 Å². The summed E-state index contributed by atoms with van der Waals surface area (Å²) in [5.41, 5.74) is 0. The van der Waals surface area contributed by atoms with Crippen molar-refractivity contribution < 1.29 is 5.11 Å². The standard InChI is InChI=1S/C15H30N2O/c1-11(2)14-6-5-13(18)7-15(14)17(4)10-12-8-16(3)9-12/h11-15,18H,5-10H2,1-4H3. The van der Waals surface area contributed by atoms with Crippen LogP contribution in [-0.4, -0.2) is 60.8 Å². The zero-order valence-corrected chi connectivity index (χ0v) is 12.5. The molecular weight excluding hydrogens is 224 g/mol. The molecule has 2 rings (SSSR count).